The minimum Gasteiger partial charge on any atom is -0.490 e. The molecule has 0 bridgehead atoms. The lowest BCUT2D eigenvalue weighted by atomic mass is 10.0. The Morgan fingerprint density at radius 2 is 1.98 bits per heavy atom. The number of pyridine rings is 1. The Bertz CT molecular complexity index is 1770. The lowest BCUT2D eigenvalue weighted by Crippen LogP contribution is -2.41. The van der Waals surface area contributed by atoms with Gasteiger partial charge in [0.25, 0.3) is 0 Å². The maximum atomic E-state index is 12.1. The summed E-state index contributed by atoms with van der Waals surface area (Å²) in [7, 11) is 1.88. The number of carbonyl (C=O) groups excluding carboxylic acids is 1. The van der Waals surface area contributed by atoms with Crippen molar-refractivity contribution in [3.63, 3.8) is 0 Å². The molecule has 1 saturated heterocycles. The number of hydrogen-bond donors (Lipinski definition) is 1. The van der Waals surface area contributed by atoms with E-state index in [1.54, 1.807) is 28.0 Å². The third-order valence-corrected chi connectivity index (χ3v) is 7.57. The van der Waals surface area contributed by atoms with Crippen molar-refractivity contribution >= 4 is 39.9 Å². The van der Waals surface area contributed by atoms with Crippen LogP contribution in [-0.4, -0.2) is 54.7 Å². The molecule has 0 atom stereocenters. The molecule has 1 aliphatic heterocycles. The van der Waals surface area contributed by atoms with Crippen LogP contribution in [-0.2, 0) is 18.4 Å². The van der Waals surface area contributed by atoms with E-state index in [1.807, 2.05) is 55.7 Å². The summed E-state index contributed by atoms with van der Waals surface area (Å²) in [6, 6.07) is 15.1. The second-order valence-electron chi connectivity index (χ2n) is 10.2. The van der Waals surface area contributed by atoms with Gasteiger partial charge in [-0.25, -0.2) is 9.97 Å². The van der Waals surface area contributed by atoms with Gasteiger partial charge in [-0.3, -0.25) is 14.5 Å². The number of fused-ring (bicyclic) bond motifs is 1. The molecular weight excluding hydrogens is 566 g/mol. The number of benzene rings is 2. The van der Waals surface area contributed by atoms with Crippen LogP contribution >= 0.6 is 11.6 Å². The highest BCUT2D eigenvalue weighted by Crippen LogP contribution is 2.38. The van der Waals surface area contributed by atoms with Crippen molar-refractivity contribution in [2.24, 2.45) is 7.05 Å². The fraction of sp³-hybridized carbons (Fsp3) is 0.219. The maximum absolute atomic E-state index is 12.1. The molecule has 0 spiro atoms. The third-order valence-electron chi connectivity index (χ3n) is 7.27. The Kier molecular flexibility index (Phi) is 8.19. The van der Waals surface area contributed by atoms with Gasteiger partial charge in [-0.1, -0.05) is 24.2 Å². The molecule has 2 aromatic carbocycles. The smallest absolute Gasteiger partial charge is 0.245 e. The zero-order valence-electron chi connectivity index (χ0n) is 23.6. The van der Waals surface area contributed by atoms with Crippen LogP contribution in [0.1, 0.15) is 18.5 Å². The second-order valence-corrected chi connectivity index (χ2v) is 10.6. The Balaban J connectivity index is 1.27. The monoisotopic (exact) mass is 595 g/mol. The van der Waals surface area contributed by atoms with Crippen LogP contribution in [0.5, 0.6) is 11.5 Å². The van der Waals surface area contributed by atoms with Gasteiger partial charge in [0.05, 0.1) is 22.4 Å². The molecule has 3 aromatic heterocycles. The first kappa shape index (κ1) is 28.2. The van der Waals surface area contributed by atoms with Gasteiger partial charge in [0, 0.05) is 67.6 Å². The topological polar surface area (TPSA) is 107 Å². The maximum Gasteiger partial charge on any atom is 0.245 e. The molecule has 1 aliphatic rings. The molecule has 6 rings (SSSR count). The molecule has 0 saturated carbocycles. The van der Waals surface area contributed by atoms with Gasteiger partial charge >= 0.3 is 0 Å². The van der Waals surface area contributed by atoms with Gasteiger partial charge in [0.1, 0.15) is 36.4 Å². The van der Waals surface area contributed by atoms with Gasteiger partial charge in [0.2, 0.25) is 5.91 Å². The van der Waals surface area contributed by atoms with Gasteiger partial charge in [-0.05, 0) is 48.5 Å². The van der Waals surface area contributed by atoms with Crippen LogP contribution in [0.4, 0.5) is 11.5 Å². The SMILES string of the molecule is C=CC(=O)N1CCC(Oc2cc3c(Nc4ccc(OCc5ccccn5)c(Cl)c4)ncnc3cc2-c2cnn(C)c2)CC1. The average Bonchev–Trinajstić information content (AvgIpc) is 3.47. The fourth-order valence-electron chi connectivity index (χ4n) is 5.04. The van der Waals surface area contributed by atoms with Gasteiger partial charge < -0.3 is 19.7 Å². The van der Waals surface area contributed by atoms with E-state index >= 15 is 0 Å². The molecule has 1 amide bonds. The molecular formula is C32H30ClN7O3. The summed E-state index contributed by atoms with van der Waals surface area (Å²) in [5.74, 6) is 1.81. The summed E-state index contributed by atoms with van der Waals surface area (Å²) >= 11 is 6.57. The predicted molar refractivity (Wildman–Crippen MR) is 165 cm³/mol. The van der Waals surface area contributed by atoms with E-state index in [2.05, 4.69) is 31.9 Å². The molecule has 0 unspecified atom stereocenters. The molecule has 5 aromatic rings. The highest BCUT2D eigenvalue weighted by atomic mass is 35.5. The zero-order valence-corrected chi connectivity index (χ0v) is 24.4. The van der Waals surface area contributed by atoms with Crippen molar-refractivity contribution < 1.29 is 14.3 Å². The molecule has 218 valence electrons. The first-order valence-corrected chi connectivity index (χ1v) is 14.3. The van der Waals surface area contributed by atoms with E-state index in [1.165, 1.54) is 12.4 Å². The van der Waals surface area contributed by atoms with E-state index in [4.69, 9.17) is 21.1 Å². The lowest BCUT2D eigenvalue weighted by Gasteiger charge is -2.32. The number of nitrogens with zero attached hydrogens (tertiary/aromatic N) is 6. The normalized spacial score (nSPS) is 13.6. The zero-order chi connectivity index (χ0) is 29.8. The van der Waals surface area contributed by atoms with Crippen LogP contribution in [0.15, 0.2) is 86.1 Å². The van der Waals surface area contributed by atoms with Gasteiger partial charge in [0.15, 0.2) is 0 Å². The number of nitrogens with one attached hydrogen (secondary N) is 1. The predicted octanol–water partition coefficient (Wildman–Crippen LogP) is 5.96. The lowest BCUT2D eigenvalue weighted by molar-refractivity contribution is -0.127. The third kappa shape index (κ3) is 6.44. The summed E-state index contributed by atoms with van der Waals surface area (Å²) in [5.41, 5.74) is 4.10. The quantitative estimate of drug-likeness (QED) is 0.208. The number of amides is 1. The van der Waals surface area contributed by atoms with Crippen molar-refractivity contribution in [3.8, 4) is 22.6 Å². The Labute approximate surface area is 254 Å². The molecule has 43 heavy (non-hydrogen) atoms. The van der Waals surface area contributed by atoms with E-state index in [0.29, 0.717) is 54.9 Å². The van der Waals surface area contributed by atoms with E-state index in [-0.39, 0.29) is 12.0 Å². The van der Waals surface area contributed by atoms with Crippen molar-refractivity contribution in [2.45, 2.75) is 25.6 Å². The highest BCUT2D eigenvalue weighted by Gasteiger charge is 2.24. The number of rotatable bonds is 9. The fourth-order valence-corrected chi connectivity index (χ4v) is 5.27. The Morgan fingerprint density at radius 1 is 1.12 bits per heavy atom. The summed E-state index contributed by atoms with van der Waals surface area (Å²) in [6.07, 6.45) is 9.73. The van der Waals surface area contributed by atoms with Crippen molar-refractivity contribution in [2.75, 3.05) is 18.4 Å². The minimum atomic E-state index is -0.0554. The van der Waals surface area contributed by atoms with Crippen LogP contribution in [0, 0.1) is 0 Å². The second kappa shape index (κ2) is 12.5. The van der Waals surface area contributed by atoms with Crippen molar-refractivity contribution in [1.82, 2.24) is 29.6 Å². The molecule has 0 aliphatic carbocycles. The number of anilines is 2. The van der Waals surface area contributed by atoms with Crippen molar-refractivity contribution in [3.05, 3.63) is 96.8 Å². The summed E-state index contributed by atoms with van der Waals surface area (Å²) in [6.45, 7) is 5.15. The first-order chi connectivity index (χ1) is 21.0. The number of likely N-dealkylation sites (tertiary alicyclic amines) is 1. The van der Waals surface area contributed by atoms with E-state index in [0.717, 1.165) is 33.4 Å². The molecule has 0 radical (unpaired) electrons. The van der Waals surface area contributed by atoms with Crippen LogP contribution in [0.3, 0.4) is 0 Å². The molecule has 4 heterocycles. The van der Waals surface area contributed by atoms with E-state index in [9.17, 15) is 4.79 Å². The van der Waals surface area contributed by atoms with Crippen molar-refractivity contribution in [1.29, 1.82) is 0 Å². The standard InChI is InChI=1S/C32H30ClN7O3/c1-3-31(41)40-12-9-24(10-13-40)43-30-16-26-28(15-25(30)21-17-37-39(2)18-21)35-20-36-32(26)38-22-7-8-29(27(33)14-22)42-19-23-6-4-5-11-34-23/h3-8,11,14-18,20,24H,1,9-10,12-13,19H2,2H3,(H,35,36,38). The van der Waals surface area contributed by atoms with E-state index < -0.39 is 0 Å². The number of carbonyl (C=O) groups is 1. The van der Waals surface area contributed by atoms with Gasteiger partial charge in [-0.15, -0.1) is 0 Å². The summed E-state index contributed by atoms with van der Waals surface area (Å²) < 4.78 is 14.2. The number of aryl methyl sites for hydroxylation is 1. The number of aromatic nitrogens is 5. The molecule has 1 N–H and O–H groups in total. The highest BCUT2D eigenvalue weighted by molar-refractivity contribution is 6.32. The van der Waals surface area contributed by atoms with Crippen LogP contribution in [0.25, 0.3) is 22.0 Å². The van der Waals surface area contributed by atoms with Crippen LogP contribution < -0.4 is 14.8 Å². The Hall–Kier alpha value is -4.96. The number of piperidine rings is 1. The summed E-state index contributed by atoms with van der Waals surface area (Å²) in [4.78, 5) is 27.2. The Morgan fingerprint density at radius 3 is 2.70 bits per heavy atom. The van der Waals surface area contributed by atoms with Crippen LogP contribution in [0.2, 0.25) is 5.02 Å². The average molecular weight is 596 g/mol. The largest absolute Gasteiger partial charge is 0.490 e. The first-order valence-electron chi connectivity index (χ1n) is 13.9. The molecule has 1 fully saturated rings. The van der Waals surface area contributed by atoms with Gasteiger partial charge in [-0.2, -0.15) is 5.10 Å². The number of ether oxygens (including phenoxy) is 2. The minimum absolute atomic E-state index is 0.0547. The molecule has 11 heteroatoms. The summed E-state index contributed by atoms with van der Waals surface area (Å²) in [5, 5.41) is 8.98. The molecule has 10 nitrogen and oxygen atoms in total. The number of hydrogen-bond acceptors (Lipinski definition) is 8. The number of halogens is 1.